The minimum Gasteiger partial charge on any atom is -0.301 e. The summed E-state index contributed by atoms with van der Waals surface area (Å²) in [6.45, 7) is 0. The molecule has 9 heteroatoms. The van der Waals surface area contributed by atoms with Crippen LogP contribution in [0.3, 0.4) is 0 Å². The van der Waals surface area contributed by atoms with Gasteiger partial charge in [-0.05, 0) is 48.6 Å². The number of thiocarbonyl (C=S) groups is 1. The lowest BCUT2D eigenvalue weighted by Crippen LogP contribution is -2.58. The van der Waals surface area contributed by atoms with Gasteiger partial charge in [0, 0.05) is 22.4 Å². The highest BCUT2D eigenvalue weighted by Crippen LogP contribution is 2.35. The van der Waals surface area contributed by atoms with Gasteiger partial charge in [-0.15, -0.1) is 0 Å². The molecule has 1 aliphatic heterocycles. The largest absolute Gasteiger partial charge is 0.301 e. The van der Waals surface area contributed by atoms with Gasteiger partial charge in [0.2, 0.25) is 5.91 Å². The Labute approximate surface area is 204 Å². The molecule has 5 rings (SSSR count). The number of carbonyl (C=O) groups is 4. The lowest BCUT2D eigenvalue weighted by atomic mass is 9.72. The van der Waals surface area contributed by atoms with E-state index in [0.717, 1.165) is 0 Å². The number of ketones is 2. The van der Waals surface area contributed by atoms with Gasteiger partial charge in [0.05, 0.1) is 23.2 Å². The van der Waals surface area contributed by atoms with Crippen molar-refractivity contribution in [2.24, 2.45) is 22.7 Å². The Bertz CT molecular complexity index is 1360. The molecular weight excluding hydrogens is 474 g/mol. The zero-order valence-corrected chi connectivity index (χ0v) is 19.0. The number of aliphatic imine (C=N–C) groups is 1. The van der Waals surface area contributed by atoms with Crippen LogP contribution in [0.5, 0.6) is 0 Å². The van der Waals surface area contributed by atoms with Crippen molar-refractivity contribution in [3.63, 3.8) is 0 Å². The van der Waals surface area contributed by atoms with Crippen LogP contribution >= 0.6 is 23.8 Å². The average molecular weight is 490 g/mol. The standard InChI is InChI=1S/C25H16ClN3O4S/c26-13-5-8-15(9-6-13)29-24(33)20(23(32)28-25(29)34)12-27-14-7-10-18-19(11-14)22(31)17-4-2-1-3-16(17)21(18)30/h1-12,18-20H,(H,28,32,34)/t18-,19-,20-/m1/s1. The Morgan fingerprint density at radius 2 is 1.59 bits per heavy atom. The lowest BCUT2D eigenvalue weighted by Gasteiger charge is -2.31. The lowest BCUT2D eigenvalue weighted by molar-refractivity contribution is -0.130. The molecule has 3 atom stereocenters. The Balaban J connectivity index is 1.41. The highest BCUT2D eigenvalue weighted by molar-refractivity contribution is 7.80. The van der Waals surface area contributed by atoms with Gasteiger partial charge >= 0.3 is 0 Å². The molecule has 1 N–H and O–H groups in total. The van der Waals surface area contributed by atoms with E-state index in [1.807, 2.05) is 0 Å². The molecule has 2 aromatic rings. The maximum Gasteiger partial charge on any atom is 0.251 e. The molecule has 0 radical (unpaired) electrons. The molecule has 0 unspecified atom stereocenters. The maximum atomic E-state index is 13.1. The molecule has 1 heterocycles. The first-order chi connectivity index (χ1) is 16.3. The summed E-state index contributed by atoms with van der Waals surface area (Å²) in [5.41, 5.74) is 1.65. The third kappa shape index (κ3) is 3.70. The third-order valence-corrected chi connectivity index (χ3v) is 6.47. The van der Waals surface area contributed by atoms with Crippen LogP contribution in [0.15, 0.2) is 77.4 Å². The molecule has 34 heavy (non-hydrogen) atoms. The average Bonchev–Trinajstić information content (AvgIpc) is 2.83. The number of Topliss-reactive ketones (excluding diaryl/α,β-unsaturated/α-hetero) is 2. The predicted octanol–water partition coefficient (Wildman–Crippen LogP) is 3.54. The summed E-state index contributed by atoms with van der Waals surface area (Å²) in [5, 5.41) is 2.98. The van der Waals surface area contributed by atoms with Crippen LogP contribution in [-0.4, -0.2) is 34.7 Å². The van der Waals surface area contributed by atoms with Crippen molar-refractivity contribution >= 4 is 64.2 Å². The van der Waals surface area contributed by atoms with E-state index >= 15 is 0 Å². The molecule has 168 valence electrons. The molecule has 3 aliphatic rings. The van der Waals surface area contributed by atoms with Gasteiger partial charge < -0.3 is 5.32 Å². The zero-order valence-electron chi connectivity index (χ0n) is 17.5. The van der Waals surface area contributed by atoms with E-state index in [2.05, 4.69) is 10.3 Å². The van der Waals surface area contributed by atoms with Crippen LogP contribution in [-0.2, 0) is 9.59 Å². The first-order valence-corrected chi connectivity index (χ1v) is 11.2. The van der Waals surface area contributed by atoms with E-state index in [9.17, 15) is 19.2 Å². The SMILES string of the molecule is O=C1NC(=S)N(c2ccc(Cl)cc2)C(=O)[C@@H]1C=NC1=C[C@H]2C(=O)c3ccccc3C(=O)[C@@H]2C=C1. The zero-order chi connectivity index (χ0) is 24.0. The van der Waals surface area contributed by atoms with Gasteiger partial charge in [0.25, 0.3) is 5.91 Å². The van der Waals surface area contributed by atoms with Gasteiger partial charge in [0.1, 0.15) is 0 Å². The first kappa shape index (κ1) is 22.1. The van der Waals surface area contributed by atoms with E-state index in [0.29, 0.717) is 27.5 Å². The summed E-state index contributed by atoms with van der Waals surface area (Å²) in [5.74, 6) is -3.95. The topological polar surface area (TPSA) is 95.9 Å². The second kappa shape index (κ2) is 8.55. The fourth-order valence-corrected chi connectivity index (χ4v) is 4.65. The number of carbonyl (C=O) groups excluding carboxylic acids is 4. The van der Waals surface area contributed by atoms with Crippen LogP contribution < -0.4 is 10.2 Å². The van der Waals surface area contributed by atoms with Crippen molar-refractivity contribution in [2.75, 3.05) is 4.90 Å². The Morgan fingerprint density at radius 3 is 2.26 bits per heavy atom. The number of allylic oxidation sites excluding steroid dienone is 3. The number of nitrogens with one attached hydrogen (secondary N) is 1. The monoisotopic (exact) mass is 489 g/mol. The smallest absolute Gasteiger partial charge is 0.251 e. The van der Waals surface area contributed by atoms with Gasteiger partial charge in [-0.25, -0.2) is 0 Å². The first-order valence-electron chi connectivity index (χ1n) is 10.4. The highest BCUT2D eigenvalue weighted by Gasteiger charge is 2.41. The molecule has 1 saturated heterocycles. The molecule has 0 bridgehead atoms. The highest BCUT2D eigenvalue weighted by atomic mass is 35.5. The van der Waals surface area contributed by atoms with Crippen molar-refractivity contribution in [1.29, 1.82) is 0 Å². The Hall–Kier alpha value is -3.75. The number of benzene rings is 2. The molecule has 2 aromatic carbocycles. The van der Waals surface area contributed by atoms with Crippen LogP contribution in [0.1, 0.15) is 20.7 Å². The number of fused-ring (bicyclic) bond motifs is 2. The van der Waals surface area contributed by atoms with Gasteiger partial charge in [-0.2, -0.15) is 0 Å². The molecule has 2 amide bonds. The summed E-state index contributed by atoms with van der Waals surface area (Å²) in [7, 11) is 0. The number of halogens is 1. The van der Waals surface area contributed by atoms with Crippen LogP contribution in [0.2, 0.25) is 5.02 Å². The molecule has 0 aromatic heterocycles. The van der Waals surface area contributed by atoms with Crippen molar-refractivity contribution in [2.45, 2.75) is 0 Å². The van der Waals surface area contributed by atoms with E-state index in [1.165, 1.54) is 11.1 Å². The Morgan fingerprint density at radius 1 is 0.941 bits per heavy atom. The number of anilines is 1. The summed E-state index contributed by atoms with van der Waals surface area (Å²) >= 11 is 11.1. The molecule has 1 fully saturated rings. The fourth-order valence-electron chi connectivity index (χ4n) is 4.23. The van der Waals surface area contributed by atoms with Gasteiger partial charge in [-0.1, -0.05) is 41.9 Å². The van der Waals surface area contributed by atoms with E-state index in [-0.39, 0.29) is 16.7 Å². The normalized spacial score (nSPS) is 24.1. The molecule has 2 aliphatic carbocycles. The molecule has 7 nitrogen and oxygen atoms in total. The molecular formula is C25H16ClN3O4S. The van der Waals surface area contributed by atoms with Crippen molar-refractivity contribution in [1.82, 2.24) is 5.32 Å². The molecule has 0 spiro atoms. The van der Waals surface area contributed by atoms with Gasteiger partial charge in [0.15, 0.2) is 22.6 Å². The summed E-state index contributed by atoms with van der Waals surface area (Å²) in [6.07, 6.45) is 6.08. The quantitative estimate of drug-likeness (QED) is 0.404. The van der Waals surface area contributed by atoms with Crippen LogP contribution in [0.25, 0.3) is 0 Å². The van der Waals surface area contributed by atoms with Crippen molar-refractivity contribution in [3.8, 4) is 0 Å². The summed E-state index contributed by atoms with van der Waals surface area (Å²) < 4.78 is 0. The second-order valence-corrected chi connectivity index (χ2v) is 8.80. The van der Waals surface area contributed by atoms with Crippen molar-refractivity contribution in [3.05, 3.63) is 88.6 Å². The van der Waals surface area contributed by atoms with Gasteiger partial charge in [-0.3, -0.25) is 29.1 Å². The fraction of sp³-hybridized carbons (Fsp3) is 0.120. The Kier molecular flexibility index (Phi) is 5.55. The number of hydrogen-bond acceptors (Lipinski definition) is 6. The number of amides is 2. The maximum absolute atomic E-state index is 13.1. The number of rotatable bonds is 3. The van der Waals surface area contributed by atoms with E-state index in [1.54, 1.807) is 66.8 Å². The van der Waals surface area contributed by atoms with E-state index in [4.69, 9.17) is 23.8 Å². The minimum absolute atomic E-state index is 0.0356. The summed E-state index contributed by atoms with van der Waals surface area (Å²) in [6, 6.07) is 13.2. The van der Waals surface area contributed by atoms with E-state index < -0.39 is 29.6 Å². The predicted molar refractivity (Wildman–Crippen MR) is 131 cm³/mol. The molecule has 0 saturated carbocycles. The summed E-state index contributed by atoms with van der Waals surface area (Å²) in [4.78, 5) is 56.9. The van der Waals surface area contributed by atoms with Crippen LogP contribution in [0, 0.1) is 17.8 Å². The second-order valence-electron chi connectivity index (χ2n) is 7.98. The number of hydrogen-bond donors (Lipinski definition) is 1. The number of nitrogens with zero attached hydrogens (tertiary/aromatic N) is 2. The van der Waals surface area contributed by atoms with Crippen molar-refractivity contribution < 1.29 is 19.2 Å². The minimum atomic E-state index is -1.22. The third-order valence-electron chi connectivity index (χ3n) is 5.93. The van der Waals surface area contributed by atoms with Crippen LogP contribution in [0.4, 0.5) is 5.69 Å².